The summed E-state index contributed by atoms with van der Waals surface area (Å²) in [4.78, 5) is 1.97. The van der Waals surface area contributed by atoms with E-state index in [-0.39, 0.29) is 6.04 Å². The van der Waals surface area contributed by atoms with E-state index in [1.54, 1.807) is 0 Å². The summed E-state index contributed by atoms with van der Waals surface area (Å²) >= 11 is 12.0. The number of benzene rings is 1. The number of nitrogens with one attached hydrogen (secondary N) is 1. The smallest absolute Gasteiger partial charge is 0.0869 e. The van der Waals surface area contributed by atoms with Crippen molar-refractivity contribution in [1.29, 1.82) is 0 Å². The topological polar surface area (TPSA) is 35.5 Å². The molecule has 20 heavy (non-hydrogen) atoms. The van der Waals surface area contributed by atoms with Gasteiger partial charge in [-0.1, -0.05) is 36.2 Å². The molecule has 0 aliphatic heterocycles. The fourth-order valence-electron chi connectivity index (χ4n) is 2.31. The molecule has 0 aliphatic carbocycles. The molecule has 1 aromatic rings. The highest BCUT2D eigenvalue weighted by molar-refractivity contribution is 6.42. The second kappa shape index (κ2) is 7.62. The van der Waals surface area contributed by atoms with E-state index >= 15 is 0 Å². The lowest BCUT2D eigenvalue weighted by Gasteiger charge is -2.29. The minimum Gasteiger partial charge on any atom is -0.388 e. The van der Waals surface area contributed by atoms with E-state index in [4.69, 9.17) is 23.2 Å². The summed E-state index contributed by atoms with van der Waals surface area (Å²) in [5.74, 6) is 0. The molecular formula is C15H24Cl2N2O. The number of hydrogen-bond acceptors (Lipinski definition) is 3. The van der Waals surface area contributed by atoms with E-state index in [0.29, 0.717) is 23.1 Å². The van der Waals surface area contributed by atoms with E-state index in [9.17, 15) is 5.11 Å². The van der Waals surface area contributed by atoms with E-state index in [1.807, 2.05) is 44.1 Å². The molecule has 2 N–H and O–H groups in total. The molecule has 0 radical (unpaired) electrons. The first kappa shape index (κ1) is 17.7. The first-order chi connectivity index (χ1) is 9.25. The molecule has 0 aromatic heterocycles. The van der Waals surface area contributed by atoms with Crippen LogP contribution in [0.1, 0.15) is 31.9 Å². The maximum Gasteiger partial charge on any atom is 0.0869 e. The highest BCUT2D eigenvalue weighted by Gasteiger charge is 2.22. The van der Waals surface area contributed by atoms with Crippen molar-refractivity contribution >= 4 is 23.2 Å². The maximum absolute atomic E-state index is 10.3. The Morgan fingerprint density at radius 2 is 1.95 bits per heavy atom. The van der Waals surface area contributed by atoms with Crippen LogP contribution in [0.3, 0.4) is 0 Å². The summed E-state index contributed by atoms with van der Waals surface area (Å²) in [6.45, 7) is 5.06. The van der Waals surface area contributed by atoms with Crippen molar-refractivity contribution < 1.29 is 5.11 Å². The molecule has 0 fully saturated rings. The van der Waals surface area contributed by atoms with Gasteiger partial charge in [-0.25, -0.2) is 0 Å². The zero-order valence-corrected chi connectivity index (χ0v) is 14.1. The molecule has 2 unspecified atom stereocenters. The number of nitrogens with zero attached hydrogens (tertiary/aromatic N) is 1. The van der Waals surface area contributed by atoms with Crippen molar-refractivity contribution in [1.82, 2.24) is 10.2 Å². The van der Waals surface area contributed by atoms with Gasteiger partial charge in [0.15, 0.2) is 0 Å². The van der Waals surface area contributed by atoms with Gasteiger partial charge in [-0.05, 0) is 45.1 Å². The van der Waals surface area contributed by atoms with E-state index in [2.05, 4.69) is 12.2 Å². The van der Waals surface area contributed by atoms with Gasteiger partial charge in [0.05, 0.1) is 15.6 Å². The zero-order valence-electron chi connectivity index (χ0n) is 12.6. The summed E-state index contributed by atoms with van der Waals surface area (Å²) < 4.78 is 0. The lowest BCUT2D eigenvalue weighted by molar-refractivity contribution is 0.0311. The van der Waals surface area contributed by atoms with Crippen LogP contribution in [0.4, 0.5) is 0 Å². The Balaban J connectivity index is 2.70. The Bertz CT molecular complexity index is 436. The normalized spacial score (nSPS) is 16.2. The average Bonchev–Trinajstić information content (AvgIpc) is 2.32. The lowest BCUT2D eigenvalue weighted by Crippen LogP contribution is -2.46. The van der Waals surface area contributed by atoms with E-state index < -0.39 is 5.60 Å². The molecule has 0 spiro atoms. The molecule has 0 amide bonds. The van der Waals surface area contributed by atoms with Crippen LogP contribution in [0.25, 0.3) is 0 Å². The predicted molar refractivity (Wildman–Crippen MR) is 86.7 cm³/mol. The summed E-state index contributed by atoms with van der Waals surface area (Å²) in [7, 11) is 3.90. The molecule has 3 nitrogen and oxygen atoms in total. The quantitative estimate of drug-likeness (QED) is 0.809. The SMILES string of the molecule is CCC(NCC(C)(O)CN(C)C)c1ccc(Cl)c(Cl)c1. The van der Waals surface area contributed by atoms with Crippen LogP contribution in [0.15, 0.2) is 18.2 Å². The molecular weight excluding hydrogens is 295 g/mol. The summed E-state index contributed by atoms with van der Waals surface area (Å²) in [5, 5.41) is 14.8. The maximum atomic E-state index is 10.3. The lowest BCUT2D eigenvalue weighted by atomic mass is 10.0. The van der Waals surface area contributed by atoms with Gasteiger partial charge in [-0.3, -0.25) is 0 Å². The minimum atomic E-state index is -0.771. The highest BCUT2D eigenvalue weighted by atomic mass is 35.5. The highest BCUT2D eigenvalue weighted by Crippen LogP contribution is 2.27. The second-order valence-corrected chi connectivity index (χ2v) is 6.56. The van der Waals surface area contributed by atoms with Gasteiger partial charge >= 0.3 is 0 Å². The Kier molecular flexibility index (Phi) is 6.76. The zero-order chi connectivity index (χ0) is 15.3. The number of hydrogen-bond donors (Lipinski definition) is 2. The van der Waals surface area contributed by atoms with Gasteiger partial charge in [-0.2, -0.15) is 0 Å². The molecule has 0 heterocycles. The van der Waals surface area contributed by atoms with Crippen molar-refractivity contribution in [2.24, 2.45) is 0 Å². The van der Waals surface area contributed by atoms with Crippen LogP contribution in [0.5, 0.6) is 0 Å². The largest absolute Gasteiger partial charge is 0.388 e. The number of halogens is 2. The number of likely N-dealkylation sites (N-methyl/N-ethyl adjacent to an activating group) is 1. The summed E-state index contributed by atoms with van der Waals surface area (Å²) in [6, 6.07) is 5.81. The first-order valence-corrected chi connectivity index (χ1v) is 7.56. The summed E-state index contributed by atoms with van der Waals surface area (Å²) in [6.07, 6.45) is 0.913. The molecule has 0 saturated carbocycles. The summed E-state index contributed by atoms with van der Waals surface area (Å²) in [5.41, 5.74) is 0.315. The van der Waals surface area contributed by atoms with Crippen LogP contribution in [-0.4, -0.2) is 42.8 Å². The van der Waals surface area contributed by atoms with E-state index in [0.717, 1.165) is 12.0 Å². The van der Waals surface area contributed by atoms with Crippen LogP contribution in [0.2, 0.25) is 10.0 Å². The Morgan fingerprint density at radius 1 is 1.30 bits per heavy atom. The molecule has 0 bridgehead atoms. The van der Waals surface area contributed by atoms with Gasteiger partial charge < -0.3 is 15.3 Å². The Hall–Kier alpha value is -0.320. The van der Waals surface area contributed by atoms with Crippen LogP contribution in [0, 0.1) is 0 Å². The average molecular weight is 319 g/mol. The molecule has 1 aromatic carbocycles. The molecule has 0 saturated heterocycles. The van der Waals surface area contributed by atoms with Crippen LogP contribution >= 0.6 is 23.2 Å². The second-order valence-electron chi connectivity index (χ2n) is 5.75. The third-order valence-electron chi connectivity index (χ3n) is 3.14. The third kappa shape index (κ3) is 5.58. The molecule has 114 valence electrons. The van der Waals surface area contributed by atoms with Crippen LogP contribution < -0.4 is 5.32 Å². The Labute approximate surface area is 131 Å². The van der Waals surface area contributed by atoms with Crippen molar-refractivity contribution in [3.63, 3.8) is 0 Å². The third-order valence-corrected chi connectivity index (χ3v) is 3.88. The van der Waals surface area contributed by atoms with Gasteiger partial charge in [0.25, 0.3) is 0 Å². The number of aliphatic hydroxyl groups is 1. The molecule has 2 atom stereocenters. The molecule has 0 aliphatic rings. The standard InChI is InChI=1S/C15H24Cl2N2O/c1-5-14(11-6-7-12(16)13(17)8-11)18-9-15(2,20)10-19(3)4/h6-8,14,18,20H,5,9-10H2,1-4H3. The van der Waals surface area contributed by atoms with E-state index in [1.165, 1.54) is 0 Å². The fraction of sp³-hybridized carbons (Fsp3) is 0.600. The van der Waals surface area contributed by atoms with Crippen molar-refractivity contribution in [3.05, 3.63) is 33.8 Å². The predicted octanol–water partition coefficient (Wildman–Crippen LogP) is 3.35. The fourth-order valence-corrected chi connectivity index (χ4v) is 2.61. The monoisotopic (exact) mass is 318 g/mol. The Morgan fingerprint density at radius 3 is 2.45 bits per heavy atom. The molecule has 5 heteroatoms. The number of rotatable bonds is 7. The minimum absolute atomic E-state index is 0.151. The van der Waals surface area contributed by atoms with Gasteiger partial charge in [0.2, 0.25) is 0 Å². The van der Waals surface area contributed by atoms with Crippen molar-refractivity contribution in [2.45, 2.75) is 31.9 Å². The van der Waals surface area contributed by atoms with Crippen molar-refractivity contribution in [3.8, 4) is 0 Å². The first-order valence-electron chi connectivity index (χ1n) is 6.80. The molecule has 1 rings (SSSR count). The van der Waals surface area contributed by atoms with Crippen molar-refractivity contribution in [2.75, 3.05) is 27.2 Å². The van der Waals surface area contributed by atoms with Crippen LogP contribution in [-0.2, 0) is 0 Å². The van der Waals surface area contributed by atoms with Gasteiger partial charge in [-0.15, -0.1) is 0 Å². The van der Waals surface area contributed by atoms with Gasteiger partial charge in [0, 0.05) is 19.1 Å². The van der Waals surface area contributed by atoms with Gasteiger partial charge in [0.1, 0.15) is 0 Å².